The molecule has 0 aliphatic heterocycles. The maximum atomic E-state index is 12.4. The SMILES string of the molecule is CCCOc1ccc(NC(=O)c2ccc(OC)cc2)cc1OCCC. The molecule has 1 N–H and O–H groups in total. The van der Waals surface area contributed by atoms with Crippen molar-refractivity contribution >= 4 is 11.6 Å². The maximum absolute atomic E-state index is 12.4. The standard InChI is InChI=1S/C20H25NO4/c1-4-12-24-18-11-8-16(14-19(18)25-13-5-2)21-20(22)15-6-9-17(23-3)10-7-15/h6-11,14H,4-5,12-13H2,1-3H3,(H,21,22). The number of hydrogen-bond acceptors (Lipinski definition) is 4. The van der Waals surface area contributed by atoms with Crippen LogP contribution in [0.2, 0.25) is 0 Å². The summed E-state index contributed by atoms with van der Waals surface area (Å²) in [5.41, 5.74) is 1.22. The van der Waals surface area contributed by atoms with Crippen molar-refractivity contribution < 1.29 is 19.0 Å². The number of benzene rings is 2. The third-order valence-corrected chi connectivity index (χ3v) is 3.48. The molecule has 0 spiro atoms. The second-order valence-corrected chi connectivity index (χ2v) is 5.54. The van der Waals surface area contributed by atoms with Crippen LogP contribution in [0.3, 0.4) is 0 Å². The van der Waals surface area contributed by atoms with E-state index in [2.05, 4.69) is 12.2 Å². The van der Waals surface area contributed by atoms with E-state index >= 15 is 0 Å². The van der Waals surface area contributed by atoms with Crippen molar-refractivity contribution in [2.24, 2.45) is 0 Å². The molecule has 0 saturated carbocycles. The predicted octanol–water partition coefficient (Wildman–Crippen LogP) is 4.53. The summed E-state index contributed by atoms with van der Waals surface area (Å²) in [6.45, 7) is 5.32. The van der Waals surface area contributed by atoms with Gasteiger partial charge in [0.1, 0.15) is 5.75 Å². The zero-order valence-corrected chi connectivity index (χ0v) is 15.0. The third-order valence-electron chi connectivity index (χ3n) is 3.48. The Labute approximate surface area is 148 Å². The number of rotatable bonds is 9. The van der Waals surface area contributed by atoms with Gasteiger partial charge in [0.05, 0.1) is 20.3 Å². The minimum atomic E-state index is -0.189. The van der Waals surface area contributed by atoms with E-state index in [1.165, 1.54) is 0 Å². The van der Waals surface area contributed by atoms with Crippen LogP contribution >= 0.6 is 0 Å². The molecule has 1 amide bonds. The molecule has 5 heteroatoms. The van der Waals surface area contributed by atoms with E-state index in [1.807, 2.05) is 19.1 Å². The third kappa shape index (κ3) is 5.41. The Morgan fingerprint density at radius 2 is 1.56 bits per heavy atom. The van der Waals surface area contributed by atoms with Gasteiger partial charge in [-0.15, -0.1) is 0 Å². The van der Waals surface area contributed by atoms with E-state index in [9.17, 15) is 4.79 Å². The number of ether oxygens (including phenoxy) is 3. The molecule has 0 radical (unpaired) electrons. The zero-order chi connectivity index (χ0) is 18.1. The van der Waals surface area contributed by atoms with E-state index in [4.69, 9.17) is 14.2 Å². The van der Waals surface area contributed by atoms with Crippen LogP contribution in [0.1, 0.15) is 37.0 Å². The van der Waals surface area contributed by atoms with Gasteiger partial charge in [-0.25, -0.2) is 0 Å². The normalized spacial score (nSPS) is 10.2. The molecule has 0 aromatic heterocycles. The summed E-state index contributed by atoms with van der Waals surface area (Å²) in [4.78, 5) is 12.4. The van der Waals surface area contributed by atoms with Crippen molar-refractivity contribution in [3.05, 3.63) is 48.0 Å². The Hall–Kier alpha value is -2.69. The number of hydrogen-bond donors (Lipinski definition) is 1. The van der Waals surface area contributed by atoms with E-state index in [-0.39, 0.29) is 5.91 Å². The summed E-state index contributed by atoms with van der Waals surface area (Å²) in [5, 5.41) is 2.88. The smallest absolute Gasteiger partial charge is 0.255 e. The van der Waals surface area contributed by atoms with E-state index < -0.39 is 0 Å². The number of methoxy groups -OCH3 is 1. The lowest BCUT2D eigenvalue weighted by molar-refractivity contribution is 0.102. The summed E-state index contributed by atoms with van der Waals surface area (Å²) >= 11 is 0. The summed E-state index contributed by atoms with van der Waals surface area (Å²) in [6, 6.07) is 12.4. The minimum Gasteiger partial charge on any atom is -0.497 e. The number of carbonyl (C=O) groups excluding carboxylic acids is 1. The van der Waals surface area contributed by atoms with Gasteiger partial charge in [0.2, 0.25) is 0 Å². The molecule has 0 atom stereocenters. The van der Waals surface area contributed by atoms with Gasteiger partial charge in [-0.3, -0.25) is 4.79 Å². The highest BCUT2D eigenvalue weighted by Gasteiger charge is 2.10. The van der Waals surface area contributed by atoms with Crippen LogP contribution in [-0.4, -0.2) is 26.2 Å². The Bertz CT molecular complexity index is 683. The molecule has 5 nitrogen and oxygen atoms in total. The number of nitrogens with one attached hydrogen (secondary N) is 1. The van der Waals surface area contributed by atoms with Gasteiger partial charge in [-0.1, -0.05) is 13.8 Å². The van der Waals surface area contributed by atoms with E-state index in [0.717, 1.165) is 12.8 Å². The topological polar surface area (TPSA) is 56.8 Å². The molecule has 0 fully saturated rings. The highest BCUT2D eigenvalue weighted by atomic mass is 16.5. The van der Waals surface area contributed by atoms with Crippen molar-refractivity contribution in [1.29, 1.82) is 0 Å². The number of carbonyl (C=O) groups is 1. The molecule has 0 unspecified atom stereocenters. The minimum absolute atomic E-state index is 0.189. The average molecular weight is 343 g/mol. The number of anilines is 1. The summed E-state index contributed by atoms with van der Waals surface area (Å²) in [7, 11) is 1.59. The van der Waals surface area contributed by atoms with Gasteiger partial charge < -0.3 is 19.5 Å². The second kappa shape index (κ2) is 9.57. The van der Waals surface area contributed by atoms with Gasteiger partial charge >= 0.3 is 0 Å². The lowest BCUT2D eigenvalue weighted by Gasteiger charge is -2.14. The zero-order valence-electron chi connectivity index (χ0n) is 15.0. The summed E-state index contributed by atoms with van der Waals surface area (Å²) in [5.74, 6) is 1.86. The quantitative estimate of drug-likeness (QED) is 0.727. The molecule has 2 rings (SSSR count). The molecule has 0 heterocycles. The van der Waals surface area contributed by atoms with Crippen LogP contribution in [0.15, 0.2) is 42.5 Å². The summed E-state index contributed by atoms with van der Waals surface area (Å²) < 4.78 is 16.6. The van der Waals surface area contributed by atoms with Crippen LogP contribution in [-0.2, 0) is 0 Å². The fourth-order valence-corrected chi connectivity index (χ4v) is 2.19. The van der Waals surface area contributed by atoms with Crippen molar-refractivity contribution in [3.8, 4) is 17.2 Å². The molecular weight excluding hydrogens is 318 g/mol. The molecule has 0 aliphatic carbocycles. The van der Waals surface area contributed by atoms with Crippen LogP contribution in [0.25, 0.3) is 0 Å². The Morgan fingerprint density at radius 1 is 0.920 bits per heavy atom. The van der Waals surface area contributed by atoms with E-state index in [0.29, 0.717) is 41.7 Å². The van der Waals surface area contributed by atoms with Crippen LogP contribution in [0.5, 0.6) is 17.2 Å². The molecule has 2 aromatic carbocycles. The lowest BCUT2D eigenvalue weighted by Crippen LogP contribution is -2.12. The van der Waals surface area contributed by atoms with Crippen LogP contribution < -0.4 is 19.5 Å². The van der Waals surface area contributed by atoms with Crippen molar-refractivity contribution in [1.82, 2.24) is 0 Å². The molecule has 2 aromatic rings. The van der Waals surface area contributed by atoms with Crippen LogP contribution in [0, 0.1) is 0 Å². The Morgan fingerprint density at radius 3 is 2.16 bits per heavy atom. The molecular formula is C20H25NO4. The molecule has 0 saturated heterocycles. The van der Waals surface area contributed by atoms with Gasteiger partial charge in [-0.2, -0.15) is 0 Å². The second-order valence-electron chi connectivity index (χ2n) is 5.54. The van der Waals surface area contributed by atoms with Crippen molar-refractivity contribution in [3.63, 3.8) is 0 Å². The Kier molecular flexibility index (Phi) is 7.14. The first-order chi connectivity index (χ1) is 12.2. The van der Waals surface area contributed by atoms with Gasteiger partial charge in [0.15, 0.2) is 11.5 Å². The van der Waals surface area contributed by atoms with Gasteiger partial charge in [0.25, 0.3) is 5.91 Å². The Balaban J connectivity index is 2.12. The largest absolute Gasteiger partial charge is 0.497 e. The van der Waals surface area contributed by atoms with Crippen LogP contribution in [0.4, 0.5) is 5.69 Å². The lowest BCUT2D eigenvalue weighted by atomic mass is 10.2. The highest BCUT2D eigenvalue weighted by Crippen LogP contribution is 2.31. The first kappa shape index (κ1) is 18.6. The fraction of sp³-hybridized carbons (Fsp3) is 0.350. The van der Waals surface area contributed by atoms with Gasteiger partial charge in [-0.05, 0) is 49.2 Å². The van der Waals surface area contributed by atoms with E-state index in [1.54, 1.807) is 37.4 Å². The maximum Gasteiger partial charge on any atom is 0.255 e. The highest BCUT2D eigenvalue weighted by molar-refractivity contribution is 6.04. The first-order valence-electron chi connectivity index (χ1n) is 8.53. The summed E-state index contributed by atoms with van der Waals surface area (Å²) in [6.07, 6.45) is 1.82. The van der Waals surface area contributed by atoms with Crippen molar-refractivity contribution in [2.45, 2.75) is 26.7 Å². The average Bonchev–Trinajstić information content (AvgIpc) is 2.65. The first-order valence-corrected chi connectivity index (χ1v) is 8.53. The molecule has 0 aliphatic rings. The molecule has 134 valence electrons. The monoisotopic (exact) mass is 343 g/mol. The molecule has 25 heavy (non-hydrogen) atoms. The fourth-order valence-electron chi connectivity index (χ4n) is 2.19. The number of amides is 1. The van der Waals surface area contributed by atoms with Gasteiger partial charge in [0, 0.05) is 17.3 Å². The molecule has 0 bridgehead atoms. The predicted molar refractivity (Wildman–Crippen MR) is 99.0 cm³/mol. The van der Waals surface area contributed by atoms with Crippen molar-refractivity contribution in [2.75, 3.05) is 25.6 Å².